The van der Waals surface area contributed by atoms with Gasteiger partial charge in [-0.2, -0.15) is 0 Å². The Balaban J connectivity index is 1.13. The van der Waals surface area contributed by atoms with Gasteiger partial charge in [0.1, 0.15) is 0 Å². The minimum atomic E-state index is 0.245. The molecule has 5 nitrogen and oxygen atoms in total. The molecule has 1 N–H and O–H groups in total. The van der Waals surface area contributed by atoms with E-state index in [0.29, 0.717) is 12.6 Å². The molecule has 0 aromatic heterocycles. The van der Waals surface area contributed by atoms with Crippen LogP contribution in [0.3, 0.4) is 0 Å². The molecule has 2 saturated heterocycles. The van der Waals surface area contributed by atoms with Crippen molar-refractivity contribution in [3.05, 3.63) is 0 Å². The Hall–Kier alpha value is -0.650. The van der Waals surface area contributed by atoms with E-state index >= 15 is 0 Å². The number of hydrogen-bond donors (Lipinski definition) is 1. The van der Waals surface area contributed by atoms with Crippen LogP contribution < -0.4 is 5.32 Å². The van der Waals surface area contributed by atoms with Crippen LogP contribution in [0.2, 0.25) is 0 Å². The molecule has 4 rings (SSSR count). The molecule has 0 radical (unpaired) electrons. The van der Waals surface area contributed by atoms with Crippen LogP contribution in [0.1, 0.15) is 51.4 Å². The van der Waals surface area contributed by atoms with Crippen LogP contribution in [0.5, 0.6) is 0 Å². The fourth-order valence-electron chi connectivity index (χ4n) is 4.88. The third-order valence-corrected chi connectivity index (χ3v) is 6.57. The molecule has 4 aliphatic rings. The van der Waals surface area contributed by atoms with Crippen molar-refractivity contribution in [2.24, 2.45) is 0 Å². The van der Waals surface area contributed by atoms with Crippen LogP contribution in [-0.4, -0.2) is 84.5 Å². The summed E-state index contributed by atoms with van der Waals surface area (Å²) < 4.78 is 0. The van der Waals surface area contributed by atoms with Gasteiger partial charge in [0, 0.05) is 57.4 Å². The molecular formula is C19H34N4O. The molecule has 136 valence electrons. The smallest absolute Gasteiger partial charge is 0.234 e. The lowest BCUT2D eigenvalue weighted by Gasteiger charge is -2.38. The van der Waals surface area contributed by atoms with E-state index in [1.807, 2.05) is 0 Å². The van der Waals surface area contributed by atoms with Crippen molar-refractivity contribution in [1.29, 1.82) is 0 Å². The van der Waals surface area contributed by atoms with Crippen molar-refractivity contribution >= 4 is 5.91 Å². The predicted octanol–water partition coefficient (Wildman–Crippen LogP) is 1.29. The molecule has 2 aliphatic carbocycles. The highest BCUT2D eigenvalue weighted by Gasteiger charge is 2.32. The van der Waals surface area contributed by atoms with E-state index < -0.39 is 0 Å². The van der Waals surface area contributed by atoms with E-state index in [4.69, 9.17) is 0 Å². The summed E-state index contributed by atoms with van der Waals surface area (Å²) in [5.74, 6) is 0.245. The van der Waals surface area contributed by atoms with Crippen LogP contribution in [0.4, 0.5) is 0 Å². The molecule has 0 atom stereocenters. The van der Waals surface area contributed by atoms with Gasteiger partial charge in [0.25, 0.3) is 0 Å². The lowest BCUT2D eigenvalue weighted by atomic mass is 10.0. The van der Waals surface area contributed by atoms with Crippen molar-refractivity contribution in [3.63, 3.8) is 0 Å². The van der Waals surface area contributed by atoms with Gasteiger partial charge in [0.2, 0.25) is 5.91 Å². The highest BCUT2D eigenvalue weighted by molar-refractivity contribution is 5.78. The first-order chi connectivity index (χ1) is 11.8. The van der Waals surface area contributed by atoms with Gasteiger partial charge in [-0.3, -0.25) is 14.6 Å². The van der Waals surface area contributed by atoms with Gasteiger partial charge >= 0.3 is 0 Å². The lowest BCUT2D eigenvalue weighted by Crippen LogP contribution is -2.53. The summed E-state index contributed by atoms with van der Waals surface area (Å²) >= 11 is 0. The Kier molecular flexibility index (Phi) is 5.40. The van der Waals surface area contributed by atoms with E-state index in [0.717, 1.165) is 51.1 Å². The van der Waals surface area contributed by atoms with Crippen molar-refractivity contribution in [3.8, 4) is 0 Å². The van der Waals surface area contributed by atoms with E-state index in [2.05, 4.69) is 20.0 Å². The molecule has 0 spiro atoms. The first-order valence-corrected chi connectivity index (χ1v) is 10.3. The molecule has 2 saturated carbocycles. The molecule has 5 heteroatoms. The van der Waals surface area contributed by atoms with Gasteiger partial charge in [-0.25, -0.2) is 0 Å². The number of piperazine rings is 1. The van der Waals surface area contributed by atoms with Crippen LogP contribution in [0, 0.1) is 0 Å². The highest BCUT2D eigenvalue weighted by Crippen LogP contribution is 2.29. The Morgan fingerprint density at radius 2 is 1.33 bits per heavy atom. The molecule has 0 aromatic rings. The molecule has 2 heterocycles. The zero-order chi connectivity index (χ0) is 16.4. The van der Waals surface area contributed by atoms with Crippen molar-refractivity contribution in [1.82, 2.24) is 20.0 Å². The molecule has 0 unspecified atom stereocenters. The quantitative estimate of drug-likeness (QED) is 0.822. The van der Waals surface area contributed by atoms with Gasteiger partial charge in [0.05, 0.1) is 6.54 Å². The molecule has 2 aliphatic heterocycles. The average molecular weight is 335 g/mol. The fraction of sp³-hybridized carbons (Fsp3) is 0.947. The van der Waals surface area contributed by atoms with Crippen LogP contribution in [-0.2, 0) is 4.79 Å². The minimum absolute atomic E-state index is 0.245. The predicted molar refractivity (Wildman–Crippen MR) is 96.0 cm³/mol. The zero-order valence-corrected chi connectivity index (χ0v) is 15.1. The SMILES string of the molecule is O=C(CN1CCN(C2CCCC2)CC1)NC1CCN(C2CC2)CC1. The summed E-state index contributed by atoms with van der Waals surface area (Å²) in [5.41, 5.74) is 0. The monoisotopic (exact) mass is 334 g/mol. The maximum atomic E-state index is 12.4. The first-order valence-electron chi connectivity index (χ1n) is 10.3. The van der Waals surface area contributed by atoms with E-state index in [9.17, 15) is 4.79 Å². The summed E-state index contributed by atoms with van der Waals surface area (Å²) in [5, 5.41) is 3.29. The number of nitrogens with one attached hydrogen (secondary N) is 1. The van der Waals surface area contributed by atoms with Gasteiger partial charge in [-0.05, 0) is 38.5 Å². The van der Waals surface area contributed by atoms with Crippen molar-refractivity contribution < 1.29 is 4.79 Å². The highest BCUT2D eigenvalue weighted by atomic mass is 16.2. The third-order valence-electron chi connectivity index (χ3n) is 6.57. The third kappa shape index (κ3) is 4.30. The Labute approximate surface area is 146 Å². The second-order valence-corrected chi connectivity index (χ2v) is 8.36. The van der Waals surface area contributed by atoms with Crippen molar-refractivity contribution in [2.75, 3.05) is 45.8 Å². The molecule has 0 bridgehead atoms. The molecule has 0 aromatic carbocycles. The van der Waals surface area contributed by atoms with Crippen LogP contribution in [0.15, 0.2) is 0 Å². The normalized spacial score (nSPS) is 29.2. The second kappa shape index (κ2) is 7.71. The van der Waals surface area contributed by atoms with E-state index in [1.54, 1.807) is 0 Å². The number of nitrogens with zero attached hydrogens (tertiary/aromatic N) is 3. The summed E-state index contributed by atoms with van der Waals surface area (Å²) in [6.45, 7) is 7.37. The first kappa shape index (κ1) is 16.8. The maximum Gasteiger partial charge on any atom is 0.234 e. The summed E-state index contributed by atoms with van der Waals surface area (Å²) in [6.07, 6.45) is 10.7. The van der Waals surface area contributed by atoms with E-state index in [1.165, 1.54) is 51.6 Å². The standard InChI is InChI=1S/C19H34N4O/c24-19(20-16-7-9-22(10-8-16)18-5-6-18)15-21-11-13-23(14-12-21)17-3-1-2-4-17/h16-18H,1-15H2,(H,20,24). The average Bonchev–Trinajstić information content (AvgIpc) is 3.30. The lowest BCUT2D eigenvalue weighted by molar-refractivity contribution is -0.123. The summed E-state index contributed by atoms with van der Waals surface area (Å²) in [4.78, 5) is 20.0. The van der Waals surface area contributed by atoms with Gasteiger partial charge < -0.3 is 10.2 Å². The van der Waals surface area contributed by atoms with Gasteiger partial charge in [0.15, 0.2) is 0 Å². The topological polar surface area (TPSA) is 38.8 Å². The van der Waals surface area contributed by atoms with Crippen LogP contribution in [0.25, 0.3) is 0 Å². The number of likely N-dealkylation sites (tertiary alicyclic amines) is 1. The molecule has 1 amide bonds. The molecule has 24 heavy (non-hydrogen) atoms. The van der Waals surface area contributed by atoms with Gasteiger partial charge in [-0.15, -0.1) is 0 Å². The number of amides is 1. The zero-order valence-electron chi connectivity index (χ0n) is 15.1. The van der Waals surface area contributed by atoms with E-state index in [-0.39, 0.29) is 5.91 Å². The number of hydrogen-bond acceptors (Lipinski definition) is 4. The Bertz CT molecular complexity index is 417. The Morgan fingerprint density at radius 1 is 0.750 bits per heavy atom. The summed E-state index contributed by atoms with van der Waals surface area (Å²) in [7, 11) is 0. The second-order valence-electron chi connectivity index (χ2n) is 8.36. The number of rotatable bonds is 5. The molecular weight excluding hydrogens is 300 g/mol. The molecule has 4 fully saturated rings. The van der Waals surface area contributed by atoms with Crippen molar-refractivity contribution in [2.45, 2.75) is 69.5 Å². The van der Waals surface area contributed by atoms with Crippen LogP contribution >= 0.6 is 0 Å². The van der Waals surface area contributed by atoms with Gasteiger partial charge in [-0.1, -0.05) is 12.8 Å². The largest absolute Gasteiger partial charge is 0.352 e. The Morgan fingerprint density at radius 3 is 1.96 bits per heavy atom. The minimum Gasteiger partial charge on any atom is -0.352 e. The number of carbonyl (C=O) groups is 1. The number of piperidine rings is 1. The number of carbonyl (C=O) groups excluding carboxylic acids is 1. The fourth-order valence-corrected chi connectivity index (χ4v) is 4.88. The summed E-state index contributed by atoms with van der Waals surface area (Å²) in [6, 6.07) is 2.11. The maximum absolute atomic E-state index is 12.4.